The quantitative estimate of drug-likeness (QED) is 0.209. The summed E-state index contributed by atoms with van der Waals surface area (Å²) in [5.74, 6) is 1.13. The van der Waals surface area contributed by atoms with Crippen LogP contribution in [0.5, 0.6) is 11.5 Å². The van der Waals surface area contributed by atoms with Gasteiger partial charge in [-0.1, -0.05) is 35.9 Å². The first-order valence-electron chi connectivity index (χ1n) is 13.5. The van der Waals surface area contributed by atoms with Crippen LogP contribution in [0.4, 0.5) is 5.69 Å². The van der Waals surface area contributed by atoms with E-state index in [9.17, 15) is 9.59 Å². The number of fused-ring (bicyclic) bond motifs is 1. The Morgan fingerprint density at radius 1 is 1.12 bits per heavy atom. The Hall–Kier alpha value is -3.41. The first-order valence-corrected chi connectivity index (χ1v) is 16.8. The highest BCUT2D eigenvalue weighted by atomic mass is 35.5. The summed E-state index contributed by atoms with van der Waals surface area (Å²) >= 11 is 6.16. The van der Waals surface area contributed by atoms with Crippen LogP contribution in [0.25, 0.3) is 0 Å². The van der Waals surface area contributed by atoms with Crippen LogP contribution in [0.15, 0.2) is 71.7 Å². The fraction of sp³-hybridized carbons (Fsp3) is 0.333. The van der Waals surface area contributed by atoms with Crippen molar-refractivity contribution in [2.24, 2.45) is 16.5 Å². The standard InChI is InChI=1S/C30H38ClN5O4Si/c1-19(32)36-27-14-11-23(39-2)17-25(27)29(20-5-7-21(31)8-6-20)35-26(30(36)33)18-28(37)34-15-16-40-22-9-12-24(13-10-22)41(3,4)38/h5-14,17,19,26,30,38H,15-16,18,32-33H2,1-4H3,(H,34,37)/t19?,26-,30?/m0/s1. The summed E-state index contributed by atoms with van der Waals surface area (Å²) in [6.45, 7) is 6.18. The van der Waals surface area contributed by atoms with Crippen molar-refractivity contribution in [2.75, 3.05) is 25.2 Å². The highest BCUT2D eigenvalue weighted by molar-refractivity contribution is 6.83. The van der Waals surface area contributed by atoms with Crippen LogP contribution in [0.2, 0.25) is 18.1 Å². The number of hydrogen-bond acceptors (Lipinski definition) is 8. The van der Waals surface area contributed by atoms with Gasteiger partial charge in [-0.05, 0) is 67.7 Å². The van der Waals surface area contributed by atoms with Gasteiger partial charge in [0, 0.05) is 21.8 Å². The Labute approximate surface area is 247 Å². The van der Waals surface area contributed by atoms with Crippen molar-refractivity contribution < 1.29 is 19.1 Å². The molecular weight excluding hydrogens is 558 g/mol. The maximum Gasteiger partial charge on any atom is 0.222 e. The molecule has 0 radical (unpaired) electrons. The molecule has 2 unspecified atom stereocenters. The Morgan fingerprint density at radius 2 is 1.78 bits per heavy atom. The molecule has 0 aliphatic carbocycles. The van der Waals surface area contributed by atoms with E-state index in [0.29, 0.717) is 28.8 Å². The number of nitrogens with one attached hydrogen (secondary N) is 1. The van der Waals surface area contributed by atoms with Gasteiger partial charge >= 0.3 is 0 Å². The largest absolute Gasteiger partial charge is 0.497 e. The van der Waals surface area contributed by atoms with Crippen molar-refractivity contribution >= 4 is 42.4 Å². The van der Waals surface area contributed by atoms with Crippen LogP contribution in [0, 0.1) is 0 Å². The minimum atomic E-state index is -2.36. The number of benzene rings is 3. The fourth-order valence-corrected chi connectivity index (χ4v) is 5.90. The first-order chi connectivity index (χ1) is 19.5. The molecule has 41 heavy (non-hydrogen) atoms. The highest BCUT2D eigenvalue weighted by Gasteiger charge is 2.34. The van der Waals surface area contributed by atoms with Gasteiger partial charge in [0.25, 0.3) is 0 Å². The van der Waals surface area contributed by atoms with Crippen molar-refractivity contribution in [3.05, 3.63) is 82.9 Å². The van der Waals surface area contributed by atoms with E-state index in [1.807, 2.05) is 79.5 Å². The lowest BCUT2D eigenvalue weighted by Crippen LogP contribution is -2.56. The van der Waals surface area contributed by atoms with Crippen molar-refractivity contribution in [1.29, 1.82) is 0 Å². The number of ether oxygens (including phenoxy) is 2. The normalized spacial score (nSPS) is 17.7. The smallest absolute Gasteiger partial charge is 0.222 e. The van der Waals surface area contributed by atoms with Gasteiger partial charge in [0.15, 0.2) is 0 Å². The molecule has 6 N–H and O–H groups in total. The number of halogens is 1. The van der Waals surface area contributed by atoms with Crippen LogP contribution in [0.3, 0.4) is 0 Å². The number of carbonyl (C=O) groups excluding carboxylic acids is 1. The zero-order valence-corrected chi connectivity index (χ0v) is 25.6. The lowest BCUT2D eigenvalue weighted by Gasteiger charge is -2.36. The molecule has 1 aliphatic heterocycles. The second-order valence-electron chi connectivity index (χ2n) is 10.6. The summed E-state index contributed by atoms with van der Waals surface area (Å²) in [7, 11) is -0.757. The summed E-state index contributed by atoms with van der Waals surface area (Å²) in [6, 6.07) is 19.9. The van der Waals surface area contributed by atoms with Crippen molar-refractivity contribution in [2.45, 2.75) is 44.8 Å². The topological polar surface area (TPSA) is 135 Å². The first kappa shape index (κ1) is 30.5. The summed E-state index contributed by atoms with van der Waals surface area (Å²) in [5.41, 5.74) is 16.3. The monoisotopic (exact) mass is 595 g/mol. The van der Waals surface area contributed by atoms with Crippen molar-refractivity contribution in [3.8, 4) is 11.5 Å². The summed E-state index contributed by atoms with van der Waals surface area (Å²) in [4.78, 5) is 30.2. The molecule has 3 atom stereocenters. The number of methoxy groups -OCH3 is 1. The minimum absolute atomic E-state index is 0.0531. The van der Waals surface area contributed by atoms with Crippen LogP contribution in [-0.2, 0) is 4.79 Å². The molecule has 1 amide bonds. The summed E-state index contributed by atoms with van der Waals surface area (Å²) < 4.78 is 11.3. The van der Waals surface area contributed by atoms with Crippen LogP contribution in [0.1, 0.15) is 24.5 Å². The Morgan fingerprint density at radius 3 is 2.39 bits per heavy atom. The molecular formula is C30H38ClN5O4Si. The van der Waals surface area contributed by atoms with E-state index in [2.05, 4.69) is 5.32 Å². The molecule has 1 aliphatic rings. The van der Waals surface area contributed by atoms with Gasteiger partial charge < -0.3 is 36.0 Å². The molecule has 3 aromatic rings. The molecule has 218 valence electrons. The molecule has 0 saturated heterocycles. The maximum absolute atomic E-state index is 13.1. The number of nitrogens with zero attached hydrogens (tertiary/aromatic N) is 2. The zero-order chi connectivity index (χ0) is 29.7. The number of anilines is 1. The average molecular weight is 596 g/mol. The molecule has 0 fully saturated rings. The number of carbonyl (C=O) groups is 1. The highest BCUT2D eigenvalue weighted by Crippen LogP contribution is 2.34. The van der Waals surface area contributed by atoms with Gasteiger partial charge in [-0.2, -0.15) is 0 Å². The van der Waals surface area contributed by atoms with E-state index < -0.39 is 26.7 Å². The second-order valence-corrected chi connectivity index (χ2v) is 14.7. The van der Waals surface area contributed by atoms with E-state index in [4.69, 9.17) is 37.5 Å². The number of rotatable bonds is 10. The number of aliphatic imine (C=N–C) groups is 1. The van der Waals surface area contributed by atoms with Gasteiger partial charge in [0.1, 0.15) is 24.3 Å². The summed E-state index contributed by atoms with van der Waals surface area (Å²) in [6.07, 6.45) is -1.05. The molecule has 9 nitrogen and oxygen atoms in total. The fourth-order valence-electron chi connectivity index (χ4n) is 4.79. The predicted molar refractivity (Wildman–Crippen MR) is 167 cm³/mol. The third-order valence-electron chi connectivity index (χ3n) is 6.95. The molecule has 4 rings (SSSR count). The van der Waals surface area contributed by atoms with Gasteiger partial charge in [0.05, 0.1) is 38.0 Å². The van der Waals surface area contributed by atoms with Crippen molar-refractivity contribution in [3.63, 3.8) is 0 Å². The molecule has 1 heterocycles. The number of nitrogens with two attached hydrogens (primary N) is 2. The van der Waals surface area contributed by atoms with E-state index >= 15 is 0 Å². The molecule has 0 saturated carbocycles. The molecule has 0 bridgehead atoms. The van der Waals surface area contributed by atoms with E-state index in [1.54, 1.807) is 19.2 Å². The Bertz CT molecular complexity index is 1380. The predicted octanol–water partition coefficient (Wildman–Crippen LogP) is 2.95. The minimum Gasteiger partial charge on any atom is -0.497 e. The molecule has 0 aromatic heterocycles. The van der Waals surface area contributed by atoms with Gasteiger partial charge in [-0.3, -0.25) is 9.79 Å². The van der Waals surface area contributed by atoms with Crippen LogP contribution in [-0.4, -0.2) is 63.4 Å². The lowest BCUT2D eigenvalue weighted by molar-refractivity contribution is -0.121. The van der Waals surface area contributed by atoms with Gasteiger partial charge in [0.2, 0.25) is 14.2 Å². The third kappa shape index (κ3) is 7.46. The molecule has 0 spiro atoms. The van der Waals surface area contributed by atoms with Crippen molar-refractivity contribution in [1.82, 2.24) is 5.32 Å². The molecule has 11 heteroatoms. The second kappa shape index (κ2) is 13.0. The average Bonchev–Trinajstić information content (AvgIpc) is 3.05. The van der Waals surface area contributed by atoms with E-state index in [0.717, 1.165) is 22.0 Å². The van der Waals surface area contributed by atoms with Crippen LogP contribution >= 0.6 is 11.6 Å². The summed E-state index contributed by atoms with van der Waals surface area (Å²) in [5, 5.41) is 4.45. The lowest BCUT2D eigenvalue weighted by atomic mass is 9.99. The van der Waals surface area contributed by atoms with Crippen LogP contribution < -0.4 is 36.3 Å². The van der Waals surface area contributed by atoms with E-state index in [-0.39, 0.29) is 18.9 Å². The Kier molecular flexibility index (Phi) is 9.72. The Balaban J connectivity index is 1.52. The molecule has 3 aromatic carbocycles. The number of benzodiazepines with no additional fused rings is 1. The zero-order valence-electron chi connectivity index (χ0n) is 23.8. The number of hydrogen-bond donors (Lipinski definition) is 4. The van der Waals surface area contributed by atoms with Gasteiger partial charge in [-0.25, -0.2) is 0 Å². The SMILES string of the molecule is COc1ccc2c(c1)C(c1ccc(Cl)cc1)=N[C@@H](CC(=O)NCCOc1ccc([Si](C)(C)O)cc1)C(N)N2C(C)N. The third-order valence-corrected chi connectivity index (χ3v) is 8.95. The maximum atomic E-state index is 13.1. The number of amides is 1. The van der Waals surface area contributed by atoms with E-state index in [1.165, 1.54) is 0 Å². The van der Waals surface area contributed by atoms with Gasteiger partial charge in [-0.15, -0.1) is 0 Å².